The molecule has 0 aliphatic heterocycles. The van der Waals surface area contributed by atoms with Crippen molar-refractivity contribution in [3.05, 3.63) is 28.2 Å². The number of ether oxygens (including phenoxy) is 2. The highest BCUT2D eigenvalue weighted by Crippen LogP contribution is 2.29. The average Bonchev–Trinajstić information content (AvgIpc) is 2.38. The van der Waals surface area contributed by atoms with Crippen LogP contribution in [0.5, 0.6) is 5.75 Å². The summed E-state index contributed by atoms with van der Waals surface area (Å²) in [5, 5.41) is 3.47. The van der Waals surface area contributed by atoms with E-state index in [2.05, 4.69) is 47.2 Å². The van der Waals surface area contributed by atoms with Gasteiger partial charge in [-0.3, -0.25) is 0 Å². The second kappa shape index (κ2) is 8.56. The minimum absolute atomic E-state index is 0.0442. The van der Waals surface area contributed by atoms with E-state index in [-0.39, 0.29) is 6.10 Å². The molecule has 1 aromatic rings. The van der Waals surface area contributed by atoms with Gasteiger partial charge in [0.2, 0.25) is 0 Å². The van der Waals surface area contributed by atoms with Crippen LogP contribution in [0.4, 0.5) is 0 Å². The lowest BCUT2D eigenvalue weighted by atomic mass is 10.1. The fraction of sp³-hybridized carbons (Fsp3) is 0.600. The van der Waals surface area contributed by atoms with Gasteiger partial charge in [-0.05, 0) is 60.4 Å². The molecule has 0 spiro atoms. The van der Waals surface area contributed by atoms with Crippen molar-refractivity contribution in [3.8, 4) is 5.75 Å². The maximum absolute atomic E-state index is 5.81. The van der Waals surface area contributed by atoms with Crippen molar-refractivity contribution in [2.75, 3.05) is 20.3 Å². The quantitative estimate of drug-likeness (QED) is 0.784. The predicted molar refractivity (Wildman–Crippen MR) is 82.8 cm³/mol. The van der Waals surface area contributed by atoms with Gasteiger partial charge in [0.1, 0.15) is 11.9 Å². The van der Waals surface area contributed by atoms with Crippen LogP contribution >= 0.6 is 15.9 Å². The number of halogens is 1. The van der Waals surface area contributed by atoms with Crippen molar-refractivity contribution >= 4 is 15.9 Å². The summed E-state index contributed by atoms with van der Waals surface area (Å²) < 4.78 is 11.9. The smallest absolute Gasteiger partial charge is 0.134 e. The number of hydrogen-bond donors (Lipinski definition) is 1. The molecule has 1 N–H and O–H groups in total. The minimum atomic E-state index is 0.0442. The van der Waals surface area contributed by atoms with Gasteiger partial charge in [0.05, 0.1) is 11.1 Å². The van der Waals surface area contributed by atoms with E-state index in [9.17, 15) is 0 Å². The molecule has 0 fully saturated rings. The highest BCUT2D eigenvalue weighted by atomic mass is 79.9. The van der Waals surface area contributed by atoms with E-state index < -0.39 is 0 Å². The lowest BCUT2D eigenvalue weighted by molar-refractivity contribution is 0.0915. The molecule has 4 heteroatoms. The van der Waals surface area contributed by atoms with Gasteiger partial charge in [0.15, 0.2) is 0 Å². The molecule has 1 aromatic carbocycles. The summed E-state index contributed by atoms with van der Waals surface area (Å²) in [7, 11) is 1.68. The van der Waals surface area contributed by atoms with Gasteiger partial charge in [0, 0.05) is 13.2 Å². The van der Waals surface area contributed by atoms with Crippen LogP contribution in [-0.2, 0) is 4.74 Å². The maximum Gasteiger partial charge on any atom is 0.134 e. The lowest BCUT2D eigenvalue weighted by Gasteiger charge is -2.18. The Kier molecular flexibility index (Phi) is 7.42. The third kappa shape index (κ3) is 5.51. The third-order valence-corrected chi connectivity index (χ3v) is 3.51. The zero-order valence-corrected chi connectivity index (χ0v) is 13.8. The Morgan fingerprint density at radius 3 is 2.63 bits per heavy atom. The Labute approximate surface area is 124 Å². The molecule has 0 saturated carbocycles. The molecule has 0 heterocycles. The summed E-state index contributed by atoms with van der Waals surface area (Å²) in [4.78, 5) is 0. The Balaban J connectivity index is 2.68. The highest BCUT2D eigenvalue weighted by molar-refractivity contribution is 9.10. The van der Waals surface area contributed by atoms with Crippen LogP contribution in [0, 0.1) is 0 Å². The van der Waals surface area contributed by atoms with Crippen LogP contribution in [0.25, 0.3) is 0 Å². The van der Waals surface area contributed by atoms with Crippen LogP contribution in [0.15, 0.2) is 22.7 Å². The summed E-state index contributed by atoms with van der Waals surface area (Å²) in [5.41, 5.74) is 1.26. The molecule has 108 valence electrons. The molecule has 0 aliphatic rings. The summed E-state index contributed by atoms with van der Waals surface area (Å²) in [6, 6.07) is 6.58. The fourth-order valence-corrected chi connectivity index (χ4v) is 2.34. The van der Waals surface area contributed by atoms with Gasteiger partial charge in [-0.2, -0.15) is 0 Å². The third-order valence-electron chi connectivity index (χ3n) is 2.89. The van der Waals surface area contributed by atoms with Gasteiger partial charge >= 0.3 is 0 Å². The van der Waals surface area contributed by atoms with Crippen LogP contribution in [0.3, 0.4) is 0 Å². The van der Waals surface area contributed by atoms with Crippen LogP contribution < -0.4 is 10.1 Å². The molecular formula is C15H24BrNO2. The first-order valence-corrected chi connectivity index (χ1v) is 7.56. The van der Waals surface area contributed by atoms with E-state index >= 15 is 0 Å². The largest absolute Gasteiger partial charge is 0.487 e. The first-order chi connectivity index (χ1) is 9.08. The molecule has 0 aromatic heterocycles. The average molecular weight is 330 g/mol. The van der Waals surface area contributed by atoms with E-state index in [4.69, 9.17) is 9.47 Å². The Morgan fingerprint density at radius 1 is 1.32 bits per heavy atom. The first-order valence-electron chi connectivity index (χ1n) is 6.76. The van der Waals surface area contributed by atoms with Crippen molar-refractivity contribution in [2.45, 2.75) is 39.3 Å². The molecule has 2 atom stereocenters. The molecule has 0 bridgehead atoms. The van der Waals surface area contributed by atoms with Crippen LogP contribution in [0.2, 0.25) is 0 Å². The van der Waals surface area contributed by atoms with Crippen molar-refractivity contribution in [2.24, 2.45) is 0 Å². The van der Waals surface area contributed by atoms with Crippen LogP contribution in [-0.4, -0.2) is 26.4 Å². The second-order valence-electron chi connectivity index (χ2n) is 4.75. The van der Waals surface area contributed by atoms with Gasteiger partial charge in [-0.1, -0.05) is 13.0 Å². The maximum atomic E-state index is 5.81. The van der Waals surface area contributed by atoms with Crippen molar-refractivity contribution < 1.29 is 9.47 Å². The van der Waals surface area contributed by atoms with Gasteiger partial charge < -0.3 is 14.8 Å². The standard InChI is InChI=1S/C15H24BrNO2/c1-5-8-17-12(3)13-6-7-15(14(16)9-13)19-11(2)10-18-4/h6-7,9,11-12,17H,5,8,10H2,1-4H3. The molecule has 1 rings (SSSR count). The summed E-state index contributed by atoms with van der Waals surface area (Å²) >= 11 is 3.57. The Bertz CT molecular complexity index is 384. The van der Waals surface area contributed by atoms with Crippen LogP contribution in [0.1, 0.15) is 38.8 Å². The molecule has 3 nitrogen and oxygen atoms in total. The molecular weight excluding hydrogens is 306 g/mol. The zero-order chi connectivity index (χ0) is 14.3. The van der Waals surface area contributed by atoms with Gasteiger partial charge in [0.25, 0.3) is 0 Å². The first kappa shape index (κ1) is 16.5. The molecule has 0 aliphatic carbocycles. The number of methoxy groups -OCH3 is 1. The molecule has 2 unspecified atom stereocenters. The Hall–Kier alpha value is -0.580. The van der Waals surface area contributed by atoms with Crippen molar-refractivity contribution in [1.29, 1.82) is 0 Å². The number of nitrogens with one attached hydrogen (secondary N) is 1. The minimum Gasteiger partial charge on any atom is -0.487 e. The number of rotatable bonds is 8. The SMILES string of the molecule is CCCNC(C)c1ccc(OC(C)COC)c(Br)c1. The fourth-order valence-electron chi connectivity index (χ4n) is 1.85. The highest BCUT2D eigenvalue weighted by Gasteiger charge is 2.10. The van der Waals surface area contributed by atoms with Crippen molar-refractivity contribution in [1.82, 2.24) is 5.32 Å². The van der Waals surface area contributed by atoms with E-state index in [1.807, 2.05) is 13.0 Å². The van der Waals surface area contributed by atoms with Gasteiger partial charge in [-0.25, -0.2) is 0 Å². The molecule has 0 saturated heterocycles. The lowest BCUT2D eigenvalue weighted by Crippen LogP contribution is -2.20. The van der Waals surface area contributed by atoms with Crippen molar-refractivity contribution in [3.63, 3.8) is 0 Å². The summed E-state index contributed by atoms with van der Waals surface area (Å²) in [6.45, 7) is 7.95. The monoisotopic (exact) mass is 329 g/mol. The van der Waals surface area contributed by atoms with E-state index in [1.54, 1.807) is 7.11 Å². The summed E-state index contributed by atoms with van der Waals surface area (Å²) in [5.74, 6) is 0.857. The second-order valence-corrected chi connectivity index (χ2v) is 5.60. The number of hydrogen-bond acceptors (Lipinski definition) is 3. The van der Waals surface area contributed by atoms with E-state index in [1.165, 1.54) is 5.56 Å². The molecule has 19 heavy (non-hydrogen) atoms. The molecule has 0 amide bonds. The van der Waals surface area contributed by atoms with E-state index in [0.717, 1.165) is 23.2 Å². The van der Waals surface area contributed by atoms with E-state index in [0.29, 0.717) is 12.6 Å². The molecule has 0 radical (unpaired) electrons. The zero-order valence-electron chi connectivity index (χ0n) is 12.2. The van der Waals surface area contributed by atoms with Gasteiger partial charge in [-0.15, -0.1) is 0 Å². The number of benzene rings is 1. The predicted octanol–water partition coefficient (Wildman–Crippen LogP) is 3.92. The Morgan fingerprint density at radius 2 is 2.05 bits per heavy atom. The topological polar surface area (TPSA) is 30.5 Å². The summed E-state index contributed by atoms with van der Waals surface area (Å²) in [6.07, 6.45) is 1.18. The normalized spacial score (nSPS) is 14.2.